The summed E-state index contributed by atoms with van der Waals surface area (Å²) >= 11 is 1.36. The maximum absolute atomic E-state index is 12.6. The Morgan fingerprint density at radius 1 is 1.30 bits per heavy atom. The number of aromatic nitrogens is 2. The number of thioether (sulfide) groups is 1. The minimum atomic E-state index is -1.02. The van der Waals surface area contributed by atoms with Gasteiger partial charge in [0.05, 0.1) is 11.3 Å². The molecule has 6 nitrogen and oxygen atoms in total. The Bertz CT molecular complexity index is 520. The molecular weight excluding hydrogens is 278 g/mol. The van der Waals surface area contributed by atoms with Crippen LogP contribution in [0.5, 0.6) is 0 Å². The Morgan fingerprint density at radius 3 is 2.45 bits per heavy atom. The number of hydrogen-bond acceptors (Lipinski definition) is 5. The van der Waals surface area contributed by atoms with Gasteiger partial charge >= 0.3 is 5.97 Å². The van der Waals surface area contributed by atoms with E-state index in [0.29, 0.717) is 35.1 Å². The van der Waals surface area contributed by atoms with Gasteiger partial charge in [-0.05, 0) is 26.5 Å². The summed E-state index contributed by atoms with van der Waals surface area (Å²) in [6, 6.07) is 0. The van der Waals surface area contributed by atoms with Crippen LogP contribution >= 0.6 is 11.8 Å². The molecule has 1 N–H and O–H groups in total. The van der Waals surface area contributed by atoms with Crippen molar-refractivity contribution >= 4 is 23.6 Å². The third-order valence-corrected chi connectivity index (χ3v) is 3.36. The fraction of sp³-hybridized carbons (Fsp3) is 0.538. The number of aliphatic carboxylic acids is 1. The van der Waals surface area contributed by atoms with Crippen LogP contribution in [0.2, 0.25) is 0 Å². The van der Waals surface area contributed by atoms with E-state index in [1.807, 2.05) is 13.2 Å². The molecule has 0 aliphatic rings. The normalized spacial score (nSPS) is 10.4. The van der Waals surface area contributed by atoms with Crippen LogP contribution in [0.15, 0.2) is 5.03 Å². The van der Waals surface area contributed by atoms with Crippen molar-refractivity contribution in [1.82, 2.24) is 14.9 Å². The second-order valence-electron chi connectivity index (χ2n) is 4.36. The number of aryl methyl sites for hydroxylation is 2. The SMILES string of the molecule is CCCN(CC(=O)O)C(=O)c1c(C)nc(C)nc1SC. The minimum Gasteiger partial charge on any atom is -0.480 e. The lowest BCUT2D eigenvalue weighted by molar-refractivity contribution is -0.137. The molecule has 0 aliphatic heterocycles. The predicted molar refractivity (Wildman–Crippen MR) is 77.1 cm³/mol. The highest BCUT2D eigenvalue weighted by Crippen LogP contribution is 2.22. The molecule has 0 aliphatic carbocycles. The van der Waals surface area contributed by atoms with E-state index in [1.165, 1.54) is 16.7 Å². The van der Waals surface area contributed by atoms with Gasteiger partial charge in [-0.1, -0.05) is 6.92 Å². The van der Waals surface area contributed by atoms with E-state index in [-0.39, 0.29) is 12.5 Å². The average molecular weight is 297 g/mol. The van der Waals surface area contributed by atoms with E-state index in [0.717, 1.165) is 0 Å². The third-order valence-electron chi connectivity index (χ3n) is 2.68. The number of nitrogens with zero attached hydrogens (tertiary/aromatic N) is 3. The molecule has 1 rings (SSSR count). The molecule has 0 fully saturated rings. The van der Waals surface area contributed by atoms with E-state index in [2.05, 4.69) is 9.97 Å². The molecule has 0 saturated carbocycles. The lowest BCUT2D eigenvalue weighted by Gasteiger charge is -2.21. The smallest absolute Gasteiger partial charge is 0.323 e. The highest BCUT2D eigenvalue weighted by atomic mass is 32.2. The number of carbonyl (C=O) groups excluding carboxylic acids is 1. The Kier molecular flexibility index (Phi) is 5.94. The summed E-state index contributed by atoms with van der Waals surface area (Å²) in [5.74, 6) is -0.747. The molecule has 0 unspecified atom stereocenters. The van der Waals surface area contributed by atoms with Gasteiger partial charge in [0, 0.05) is 6.54 Å². The molecule has 0 radical (unpaired) electrons. The maximum Gasteiger partial charge on any atom is 0.323 e. The number of carbonyl (C=O) groups is 2. The molecule has 0 aromatic carbocycles. The molecule has 7 heteroatoms. The van der Waals surface area contributed by atoms with E-state index in [4.69, 9.17) is 5.11 Å². The number of amides is 1. The van der Waals surface area contributed by atoms with Crippen LogP contribution in [0.25, 0.3) is 0 Å². The molecule has 110 valence electrons. The average Bonchev–Trinajstić information content (AvgIpc) is 2.36. The Labute approximate surface area is 122 Å². The van der Waals surface area contributed by atoms with Crippen molar-refractivity contribution in [1.29, 1.82) is 0 Å². The maximum atomic E-state index is 12.6. The second-order valence-corrected chi connectivity index (χ2v) is 5.16. The summed E-state index contributed by atoms with van der Waals surface area (Å²) in [5.41, 5.74) is 0.983. The molecule has 0 spiro atoms. The van der Waals surface area contributed by atoms with Crippen molar-refractivity contribution in [3.05, 3.63) is 17.1 Å². The van der Waals surface area contributed by atoms with Crippen molar-refractivity contribution in [2.24, 2.45) is 0 Å². The summed E-state index contributed by atoms with van der Waals surface area (Å²) in [6.45, 7) is 5.49. The van der Waals surface area contributed by atoms with Crippen molar-refractivity contribution in [2.75, 3.05) is 19.3 Å². The first-order valence-electron chi connectivity index (χ1n) is 6.31. The second kappa shape index (κ2) is 7.23. The molecule has 20 heavy (non-hydrogen) atoms. The first-order chi connectivity index (χ1) is 9.40. The van der Waals surface area contributed by atoms with Crippen molar-refractivity contribution < 1.29 is 14.7 Å². The first-order valence-corrected chi connectivity index (χ1v) is 7.53. The van der Waals surface area contributed by atoms with Gasteiger partial charge in [0.1, 0.15) is 17.4 Å². The Morgan fingerprint density at radius 2 is 1.95 bits per heavy atom. The van der Waals surface area contributed by atoms with Gasteiger partial charge in [0.25, 0.3) is 5.91 Å². The van der Waals surface area contributed by atoms with Gasteiger partial charge in [-0.2, -0.15) is 0 Å². The zero-order valence-electron chi connectivity index (χ0n) is 12.1. The van der Waals surface area contributed by atoms with Crippen molar-refractivity contribution in [2.45, 2.75) is 32.2 Å². The van der Waals surface area contributed by atoms with Gasteiger partial charge in [-0.3, -0.25) is 9.59 Å². The molecule has 1 heterocycles. The summed E-state index contributed by atoms with van der Waals surface area (Å²) < 4.78 is 0. The largest absolute Gasteiger partial charge is 0.480 e. The number of carboxylic acids is 1. The summed E-state index contributed by atoms with van der Waals surface area (Å²) in [6.07, 6.45) is 2.53. The van der Waals surface area contributed by atoms with Crippen LogP contribution in [-0.2, 0) is 4.79 Å². The van der Waals surface area contributed by atoms with E-state index in [9.17, 15) is 9.59 Å². The van der Waals surface area contributed by atoms with Crippen molar-refractivity contribution in [3.8, 4) is 0 Å². The number of hydrogen-bond donors (Lipinski definition) is 1. The zero-order chi connectivity index (χ0) is 15.3. The van der Waals surface area contributed by atoms with Gasteiger partial charge in [0.2, 0.25) is 0 Å². The Balaban J connectivity index is 3.20. The van der Waals surface area contributed by atoms with Gasteiger partial charge in [-0.15, -0.1) is 11.8 Å². The molecule has 1 amide bonds. The monoisotopic (exact) mass is 297 g/mol. The molecule has 0 bridgehead atoms. The number of rotatable bonds is 6. The summed E-state index contributed by atoms with van der Waals surface area (Å²) in [5, 5.41) is 9.51. The third kappa shape index (κ3) is 3.93. The molecule has 1 aromatic heterocycles. The van der Waals surface area contributed by atoms with Gasteiger partial charge in [-0.25, -0.2) is 9.97 Å². The Hall–Kier alpha value is -1.63. The quantitative estimate of drug-likeness (QED) is 0.636. The molecule has 0 saturated heterocycles. The number of carboxylic acid groups (broad SMARTS) is 1. The minimum absolute atomic E-state index is 0.312. The topological polar surface area (TPSA) is 83.4 Å². The van der Waals surface area contributed by atoms with E-state index >= 15 is 0 Å². The fourth-order valence-electron chi connectivity index (χ4n) is 1.92. The molecular formula is C13H19N3O3S. The van der Waals surface area contributed by atoms with Crippen LogP contribution in [0.3, 0.4) is 0 Å². The van der Waals surface area contributed by atoms with E-state index < -0.39 is 5.97 Å². The zero-order valence-corrected chi connectivity index (χ0v) is 13.0. The summed E-state index contributed by atoms with van der Waals surface area (Å²) in [7, 11) is 0. The van der Waals surface area contributed by atoms with Gasteiger partial charge in [0.15, 0.2) is 0 Å². The highest BCUT2D eigenvalue weighted by molar-refractivity contribution is 7.98. The van der Waals surface area contributed by atoms with Crippen LogP contribution in [-0.4, -0.2) is 51.2 Å². The van der Waals surface area contributed by atoms with Crippen LogP contribution in [0.1, 0.15) is 35.2 Å². The molecule has 0 atom stereocenters. The van der Waals surface area contributed by atoms with Gasteiger partial charge < -0.3 is 10.0 Å². The first kappa shape index (κ1) is 16.4. The van der Waals surface area contributed by atoms with Crippen LogP contribution in [0.4, 0.5) is 0 Å². The summed E-state index contributed by atoms with van der Waals surface area (Å²) in [4.78, 5) is 33.2. The molecule has 1 aromatic rings. The van der Waals surface area contributed by atoms with Crippen molar-refractivity contribution in [3.63, 3.8) is 0 Å². The van der Waals surface area contributed by atoms with E-state index in [1.54, 1.807) is 13.8 Å². The fourth-order valence-corrected chi connectivity index (χ4v) is 2.58. The van der Waals surface area contributed by atoms with Crippen LogP contribution in [0, 0.1) is 13.8 Å². The standard InChI is InChI=1S/C13H19N3O3S/c1-5-6-16(7-10(17)18)13(19)11-8(2)14-9(3)15-12(11)20-4/h5-7H2,1-4H3,(H,17,18). The highest BCUT2D eigenvalue weighted by Gasteiger charge is 2.24. The van der Waals surface area contributed by atoms with Crippen LogP contribution < -0.4 is 0 Å². The lowest BCUT2D eigenvalue weighted by Crippen LogP contribution is -2.37. The lowest BCUT2D eigenvalue weighted by atomic mass is 10.2. The predicted octanol–water partition coefficient (Wildman–Crippen LogP) is 1.75.